The lowest BCUT2D eigenvalue weighted by atomic mass is 10.2. The lowest BCUT2D eigenvalue weighted by Crippen LogP contribution is -1.95. The SMILES string of the molecule is COc1cc(N)ccc1-c1nn2c(C3CC3)nnc2s1. The van der Waals surface area contributed by atoms with E-state index in [0.717, 1.165) is 27.1 Å². The summed E-state index contributed by atoms with van der Waals surface area (Å²) in [6.07, 6.45) is 2.36. The second-order valence-electron chi connectivity index (χ2n) is 4.89. The molecule has 2 heterocycles. The highest BCUT2D eigenvalue weighted by Gasteiger charge is 2.30. The predicted molar refractivity (Wildman–Crippen MR) is 77.0 cm³/mol. The molecule has 0 spiro atoms. The molecule has 0 bridgehead atoms. The summed E-state index contributed by atoms with van der Waals surface area (Å²) >= 11 is 1.51. The first-order chi connectivity index (χ1) is 9.76. The number of fused-ring (bicyclic) bond motifs is 1. The lowest BCUT2D eigenvalue weighted by Gasteiger charge is -2.06. The van der Waals surface area contributed by atoms with Crippen molar-refractivity contribution in [2.75, 3.05) is 12.8 Å². The predicted octanol–water partition coefficient (Wildman–Crippen LogP) is 2.32. The van der Waals surface area contributed by atoms with Crippen LogP contribution in [-0.2, 0) is 0 Å². The number of hydrogen-bond acceptors (Lipinski definition) is 6. The fourth-order valence-corrected chi connectivity index (χ4v) is 3.10. The molecule has 1 aliphatic carbocycles. The van der Waals surface area contributed by atoms with Gasteiger partial charge in [-0.3, -0.25) is 0 Å². The molecule has 0 unspecified atom stereocenters. The van der Waals surface area contributed by atoms with E-state index in [1.54, 1.807) is 13.2 Å². The minimum absolute atomic E-state index is 0.522. The van der Waals surface area contributed by atoms with E-state index in [4.69, 9.17) is 10.5 Å². The lowest BCUT2D eigenvalue weighted by molar-refractivity contribution is 0.416. The van der Waals surface area contributed by atoms with E-state index in [1.165, 1.54) is 24.2 Å². The molecule has 6 nitrogen and oxygen atoms in total. The first-order valence-corrected chi connectivity index (χ1v) is 7.24. The van der Waals surface area contributed by atoms with Gasteiger partial charge in [-0.05, 0) is 25.0 Å². The van der Waals surface area contributed by atoms with Crippen LogP contribution in [0.5, 0.6) is 5.75 Å². The molecule has 2 N–H and O–H groups in total. The Bertz CT molecular complexity index is 789. The first kappa shape index (κ1) is 11.7. The van der Waals surface area contributed by atoms with Crippen molar-refractivity contribution in [3.8, 4) is 16.3 Å². The van der Waals surface area contributed by atoms with Gasteiger partial charge in [-0.25, -0.2) is 0 Å². The Labute approximate surface area is 119 Å². The van der Waals surface area contributed by atoms with Gasteiger partial charge < -0.3 is 10.5 Å². The van der Waals surface area contributed by atoms with Crippen LogP contribution in [0.2, 0.25) is 0 Å². The quantitative estimate of drug-likeness (QED) is 0.748. The van der Waals surface area contributed by atoms with Crippen LogP contribution in [0, 0.1) is 0 Å². The molecule has 0 atom stereocenters. The Morgan fingerprint density at radius 1 is 1.35 bits per heavy atom. The maximum absolute atomic E-state index is 5.78. The summed E-state index contributed by atoms with van der Waals surface area (Å²) in [6.45, 7) is 0. The molecule has 0 saturated heterocycles. The number of aromatic nitrogens is 4. The van der Waals surface area contributed by atoms with Gasteiger partial charge in [0.05, 0.1) is 12.7 Å². The van der Waals surface area contributed by atoms with Gasteiger partial charge >= 0.3 is 0 Å². The molecule has 102 valence electrons. The van der Waals surface area contributed by atoms with Crippen molar-refractivity contribution >= 4 is 22.0 Å². The van der Waals surface area contributed by atoms with Crippen LogP contribution in [-0.4, -0.2) is 26.9 Å². The number of anilines is 1. The van der Waals surface area contributed by atoms with Crippen LogP contribution in [0.1, 0.15) is 24.6 Å². The van der Waals surface area contributed by atoms with Crippen molar-refractivity contribution < 1.29 is 4.74 Å². The molecule has 4 rings (SSSR count). The standard InChI is InChI=1S/C13H13N5OS/c1-19-10-6-8(14)4-5-9(10)12-17-18-11(7-2-3-7)15-16-13(18)20-12/h4-7H,2-3,14H2,1H3. The highest BCUT2D eigenvalue weighted by atomic mass is 32.1. The highest BCUT2D eigenvalue weighted by Crippen LogP contribution is 2.40. The van der Waals surface area contributed by atoms with E-state index < -0.39 is 0 Å². The smallest absolute Gasteiger partial charge is 0.234 e. The van der Waals surface area contributed by atoms with E-state index in [-0.39, 0.29) is 0 Å². The molecule has 1 fully saturated rings. The molecule has 1 saturated carbocycles. The van der Waals surface area contributed by atoms with E-state index in [9.17, 15) is 0 Å². The fourth-order valence-electron chi connectivity index (χ4n) is 2.22. The number of nitrogens with zero attached hydrogens (tertiary/aromatic N) is 4. The van der Waals surface area contributed by atoms with Crippen molar-refractivity contribution in [3.05, 3.63) is 24.0 Å². The Kier molecular flexibility index (Phi) is 2.43. The van der Waals surface area contributed by atoms with Crippen LogP contribution < -0.4 is 10.5 Å². The molecule has 3 aromatic rings. The zero-order valence-corrected chi connectivity index (χ0v) is 11.7. The molecule has 2 aromatic heterocycles. The van der Waals surface area contributed by atoms with Gasteiger partial charge in [0.25, 0.3) is 0 Å². The first-order valence-electron chi connectivity index (χ1n) is 6.42. The summed E-state index contributed by atoms with van der Waals surface area (Å²) in [6, 6.07) is 5.58. The molecular formula is C13H13N5OS. The van der Waals surface area contributed by atoms with Crippen molar-refractivity contribution in [2.24, 2.45) is 0 Å². The number of benzene rings is 1. The average Bonchev–Trinajstić information content (AvgIpc) is 3.08. The Hall–Kier alpha value is -2.15. The molecule has 0 amide bonds. The largest absolute Gasteiger partial charge is 0.496 e. The number of methoxy groups -OCH3 is 1. The zero-order valence-electron chi connectivity index (χ0n) is 10.9. The fraction of sp³-hybridized carbons (Fsp3) is 0.308. The molecule has 7 heteroatoms. The van der Waals surface area contributed by atoms with E-state index in [0.29, 0.717) is 11.6 Å². The third-order valence-electron chi connectivity index (χ3n) is 3.41. The van der Waals surface area contributed by atoms with Crippen molar-refractivity contribution in [1.29, 1.82) is 0 Å². The van der Waals surface area contributed by atoms with Gasteiger partial charge in [-0.15, -0.1) is 10.2 Å². The van der Waals surface area contributed by atoms with Crippen LogP contribution in [0.4, 0.5) is 5.69 Å². The molecule has 0 radical (unpaired) electrons. The van der Waals surface area contributed by atoms with Crippen LogP contribution in [0.3, 0.4) is 0 Å². The van der Waals surface area contributed by atoms with Gasteiger partial charge in [0, 0.05) is 17.7 Å². The number of nitrogens with two attached hydrogens (primary N) is 1. The Balaban J connectivity index is 1.85. The van der Waals surface area contributed by atoms with Gasteiger partial charge in [-0.1, -0.05) is 11.3 Å². The number of rotatable bonds is 3. The summed E-state index contributed by atoms with van der Waals surface area (Å²) in [5.74, 6) is 2.22. The average molecular weight is 287 g/mol. The van der Waals surface area contributed by atoms with Gasteiger partial charge in [0.15, 0.2) is 10.8 Å². The third-order valence-corrected chi connectivity index (χ3v) is 4.35. The second-order valence-corrected chi connectivity index (χ2v) is 5.85. The number of nitrogen functional groups attached to an aromatic ring is 1. The number of ether oxygens (including phenoxy) is 1. The Morgan fingerprint density at radius 3 is 2.95 bits per heavy atom. The van der Waals surface area contributed by atoms with Crippen LogP contribution >= 0.6 is 11.3 Å². The van der Waals surface area contributed by atoms with E-state index in [2.05, 4.69) is 15.3 Å². The summed E-state index contributed by atoms with van der Waals surface area (Å²) < 4.78 is 7.24. The summed E-state index contributed by atoms with van der Waals surface area (Å²) in [4.78, 5) is 0.820. The minimum Gasteiger partial charge on any atom is -0.496 e. The second kappa shape index (κ2) is 4.17. The minimum atomic E-state index is 0.522. The van der Waals surface area contributed by atoms with Crippen molar-refractivity contribution in [2.45, 2.75) is 18.8 Å². The molecule has 20 heavy (non-hydrogen) atoms. The normalized spacial score (nSPS) is 14.8. The van der Waals surface area contributed by atoms with E-state index in [1.807, 2.05) is 16.6 Å². The molecule has 1 aliphatic rings. The van der Waals surface area contributed by atoms with Crippen LogP contribution in [0.25, 0.3) is 15.5 Å². The summed E-state index contributed by atoms with van der Waals surface area (Å²) in [5.41, 5.74) is 7.39. The van der Waals surface area contributed by atoms with Gasteiger partial charge in [0.2, 0.25) is 4.96 Å². The maximum atomic E-state index is 5.78. The Morgan fingerprint density at radius 2 is 2.20 bits per heavy atom. The highest BCUT2D eigenvalue weighted by molar-refractivity contribution is 7.19. The summed E-state index contributed by atoms with van der Waals surface area (Å²) in [5, 5.41) is 13.9. The maximum Gasteiger partial charge on any atom is 0.234 e. The van der Waals surface area contributed by atoms with E-state index >= 15 is 0 Å². The monoisotopic (exact) mass is 287 g/mol. The third kappa shape index (κ3) is 1.74. The van der Waals surface area contributed by atoms with Crippen LogP contribution in [0.15, 0.2) is 18.2 Å². The molecule has 0 aliphatic heterocycles. The zero-order chi connectivity index (χ0) is 13.7. The molecule has 1 aromatic carbocycles. The van der Waals surface area contributed by atoms with Crippen molar-refractivity contribution in [1.82, 2.24) is 19.8 Å². The van der Waals surface area contributed by atoms with Gasteiger partial charge in [-0.2, -0.15) is 9.61 Å². The topological polar surface area (TPSA) is 78.3 Å². The molecular weight excluding hydrogens is 274 g/mol. The number of hydrogen-bond donors (Lipinski definition) is 1. The summed E-state index contributed by atoms with van der Waals surface area (Å²) in [7, 11) is 1.63. The van der Waals surface area contributed by atoms with Gasteiger partial charge in [0.1, 0.15) is 5.75 Å². The van der Waals surface area contributed by atoms with Crippen molar-refractivity contribution in [3.63, 3.8) is 0 Å².